The molecule has 0 saturated heterocycles. The smallest absolute Gasteiger partial charge is 0.141 e. The van der Waals surface area contributed by atoms with Crippen molar-refractivity contribution in [3.8, 4) is 5.75 Å². The zero-order valence-corrected chi connectivity index (χ0v) is 23.7. The van der Waals surface area contributed by atoms with Gasteiger partial charge in [0.1, 0.15) is 11.4 Å². The van der Waals surface area contributed by atoms with E-state index in [2.05, 4.69) is 62.3 Å². The summed E-state index contributed by atoms with van der Waals surface area (Å²) >= 11 is 0. The fourth-order valence-electron chi connectivity index (χ4n) is 4.55. The number of phenols is 1. The van der Waals surface area contributed by atoms with Gasteiger partial charge in [-0.15, -0.1) is 0 Å². The lowest BCUT2D eigenvalue weighted by molar-refractivity contribution is 0.472. The van der Waals surface area contributed by atoms with E-state index in [-0.39, 0.29) is 0 Å². The minimum absolute atomic E-state index is 0.454. The number of nitrogens with zero attached hydrogens (tertiary/aromatic N) is 3. The lowest BCUT2D eigenvalue weighted by atomic mass is 10.1. The summed E-state index contributed by atoms with van der Waals surface area (Å²) in [6, 6.07) is 4.18. The van der Waals surface area contributed by atoms with Crippen LogP contribution in [0.15, 0.2) is 12.1 Å². The minimum atomic E-state index is 0.454. The molecule has 0 saturated carbocycles. The molecule has 0 aliphatic heterocycles. The van der Waals surface area contributed by atoms with Crippen LogP contribution in [-0.2, 0) is 0 Å². The number of benzene rings is 1. The van der Waals surface area contributed by atoms with Gasteiger partial charge in [-0.2, -0.15) is 0 Å². The van der Waals surface area contributed by atoms with Crippen molar-refractivity contribution in [2.75, 3.05) is 54.0 Å². The highest BCUT2D eigenvalue weighted by Crippen LogP contribution is 2.45. The summed E-state index contributed by atoms with van der Waals surface area (Å²) in [5, 5.41) is 11.3. The van der Waals surface area contributed by atoms with Crippen LogP contribution < -0.4 is 14.7 Å². The van der Waals surface area contributed by atoms with Gasteiger partial charge in [0.2, 0.25) is 0 Å². The fraction of sp³-hybridized carbons (Fsp3) is 0.800. The molecule has 1 N–H and O–H groups in total. The van der Waals surface area contributed by atoms with Gasteiger partial charge in [0, 0.05) is 39.3 Å². The number of anilines is 3. The lowest BCUT2D eigenvalue weighted by Gasteiger charge is -2.38. The summed E-state index contributed by atoms with van der Waals surface area (Å²) < 4.78 is 0. The van der Waals surface area contributed by atoms with E-state index in [4.69, 9.17) is 0 Å². The van der Waals surface area contributed by atoms with E-state index in [9.17, 15) is 5.11 Å². The molecule has 1 aromatic carbocycles. The van der Waals surface area contributed by atoms with Gasteiger partial charge in [-0.1, -0.05) is 80.1 Å². The molecule has 0 aliphatic rings. The second-order valence-corrected chi connectivity index (χ2v) is 9.88. The predicted molar refractivity (Wildman–Crippen MR) is 154 cm³/mol. The van der Waals surface area contributed by atoms with Gasteiger partial charge in [0.25, 0.3) is 0 Å². The maximum atomic E-state index is 11.3. The maximum Gasteiger partial charge on any atom is 0.141 e. The monoisotopic (exact) mass is 475 g/mol. The van der Waals surface area contributed by atoms with Crippen LogP contribution >= 0.6 is 0 Å². The molecule has 0 aromatic heterocycles. The molecule has 1 rings (SSSR count). The predicted octanol–water partition coefficient (Wildman–Crippen LogP) is 8.61. The Bertz CT molecular complexity index is 610. The Hall–Kier alpha value is -1.58. The topological polar surface area (TPSA) is 30.0 Å². The molecule has 0 heterocycles. The molecule has 4 nitrogen and oxygen atoms in total. The molecule has 0 amide bonds. The van der Waals surface area contributed by atoms with E-state index >= 15 is 0 Å². The third kappa shape index (κ3) is 9.96. The molecule has 34 heavy (non-hydrogen) atoms. The third-order valence-electron chi connectivity index (χ3n) is 6.77. The molecule has 0 spiro atoms. The van der Waals surface area contributed by atoms with E-state index in [0.717, 1.165) is 57.8 Å². The summed E-state index contributed by atoms with van der Waals surface area (Å²) in [6.07, 6.45) is 14.2. The van der Waals surface area contributed by atoms with Crippen LogP contribution in [0.3, 0.4) is 0 Å². The van der Waals surface area contributed by atoms with Crippen molar-refractivity contribution < 1.29 is 5.11 Å². The number of hydrogen-bond donors (Lipinski definition) is 1. The van der Waals surface area contributed by atoms with Crippen LogP contribution in [0.5, 0.6) is 5.75 Å². The Morgan fingerprint density at radius 3 is 1.15 bits per heavy atom. The van der Waals surface area contributed by atoms with Gasteiger partial charge < -0.3 is 19.8 Å². The van der Waals surface area contributed by atoms with E-state index < -0.39 is 0 Å². The molecular formula is C30H57N3O. The molecule has 1 aromatic rings. The molecule has 0 radical (unpaired) electrons. The summed E-state index contributed by atoms with van der Waals surface area (Å²) in [4.78, 5) is 7.74. The van der Waals surface area contributed by atoms with E-state index in [1.54, 1.807) is 0 Å². The Balaban J connectivity index is 3.70. The van der Waals surface area contributed by atoms with Gasteiger partial charge in [-0.25, -0.2) is 0 Å². The van der Waals surface area contributed by atoms with Gasteiger partial charge >= 0.3 is 0 Å². The van der Waals surface area contributed by atoms with Gasteiger partial charge in [-0.05, 0) is 50.7 Å². The van der Waals surface area contributed by atoms with Gasteiger partial charge in [0.15, 0.2) is 0 Å². The third-order valence-corrected chi connectivity index (χ3v) is 6.77. The fourth-order valence-corrected chi connectivity index (χ4v) is 4.55. The molecular weight excluding hydrogens is 418 g/mol. The van der Waals surface area contributed by atoms with E-state index in [1.165, 1.54) is 75.6 Å². The van der Waals surface area contributed by atoms with Crippen LogP contribution in [0, 0.1) is 0 Å². The minimum Gasteiger partial charge on any atom is -0.506 e. The Morgan fingerprint density at radius 1 is 0.471 bits per heavy atom. The molecule has 0 atom stereocenters. The first-order chi connectivity index (χ1) is 16.6. The maximum absolute atomic E-state index is 11.3. The van der Waals surface area contributed by atoms with E-state index in [0.29, 0.717) is 5.75 Å². The normalized spacial score (nSPS) is 11.1. The summed E-state index contributed by atoms with van der Waals surface area (Å²) in [5.41, 5.74) is 3.71. The molecule has 0 fully saturated rings. The number of phenolic OH excluding ortho intramolecular Hbond substituents is 1. The van der Waals surface area contributed by atoms with Crippen LogP contribution in [0.25, 0.3) is 0 Å². The molecule has 0 aliphatic carbocycles. The van der Waals surface area contributed by atoms with Gasteiger partial charge in [0.05, 0.1) is 11.4 Å². The Labute approximate surface area is 212 Å². The van der Waals surface area contributed by atoms with Crippen molar-refractivity contribution >= 4 is 17.1 Å². The van der Waals surface area contributed by atoms with E-state index in [1.807, 2.05) is 6.07 Å². The highest BCUT2D eigenvalue weighted by Gasteiger charge is 2.25. The van der Waals surface area contributed by atoms with Crippen LogP contribution in [0.2, 0.25) is 0 Å². The quantitative estimate of drug-likeness (QED) is 0.193. The number of rotatable bonds is 21. The molecule has 0 unspecified atom stereocenters. The van der Waals surface area contributed by atoms with Crippen molar-refractivity contribution in [2.24, 2.45) is 0 Å². The Morgan fingerprint density at radius 2 is 0.794 bits per heavy atom. The first kappa shape index (κ1) is 30.5. The zero-order valence-electron chi connectivity index (χ0n) is 23.7. The van der Waals surface area contributed by atoms with Crippen molar-refractivity contribution in [2.45, 2.75) is 119 Å². The van der Waals surface area contributed by atoms with Crippen molar-refractivity contribution in [1.82, 2.24) is 0 Å². The average Bonchev–Trinajstić information content (AvgIpc) is 2.85. The second-order valence-electron chi connectivity index (χ2n) is 9.88. The summed E-state index contributed by atoms with van der Waals surface area (Å²) in [5.74, 6) is 0.454. The zero-order chi connectivity index (χ0) is 25.2. The van der Waals surface area contributed by atoms with Crippen molar-refractivity contribution in [3.63, 3.8) is 0 Å². The number of unbranched alkanes of at least 4 members (excludes halogenated alkanes) is 6. The highest BCUT2D eigenvalue weighted by atomic mass is 16.3. The second kappa shape index (κ2) is 18.7. The number of hydrogen-bond acceptors (Lipinski definition) is 4. The van der Waals surface area contributed by atoms with Crippen LogP contribution in [-0.4, -0.2) is 44.4 Å². The largest absolute Gasteiger partial charge is 0.506 e. The summed E-state index contributed by atoms with van der Waals surface area (Å²) in [7, 11) is 0. The standard InChI is InChI=1S/C30H57N3O/c1-7-13-21-31(22-14-8-2)27-19-20-28(34)30(33(25-17-11-5)26-18-12-6)29(27)32(23-15-9-3)24-16-10-4/h19-20,34H,7-18,21-26H2,1-6H3. The molecule has 198 valence electrons. The first-order valence-electron chi connectivity index (χ1n) is 14.7. The van der Waals surface area contributed by atoms with Crippen LogP contribution in [0.4, 0.5) is 17.1 Å². The van der Waals surface area contributed by atoms with Gasteiger partial charge in [-0.3, -0.25) is 0 Å². The van der Waals surface area contributed by atoms with Crippen molar-refractivity contribution in [1.29, 1.82) is 0 Å². The molecule has 4 heteroatoms. The Kier molecular flexibility index (Phi) is 16.8. The number of aromatic hydroxyl groups is 1. The SMILES string of the molecule is CCCCN(CCCC)c1ccc(O)c(N(CCCC)CCCC)c1N(CCCC)CCCC. The summed E-state index contributed by atoms with van der Waals surface area (Å²) in [6.45, 7) is 20.0. The van der Waals surface area contributed by atoms with Crippen molar-refractivity contribution in [3.05, 3.63) is 12.1 Å². The first-order valence-corrected chi connectivity index (χ1v) is 14.7. The van der Waals surface area contributed by atoms with Crippen LogP contribution in [0.1, 0.15) is 119 Å². The lowest BCUT2D eigenvalue weighted by Crippen LogP contribution is -2.34. The highest BCUT2D eigenvalue weighted by molar-refractivity contribution is 5.89. The molecule has 0 bridgehead atoms. The average molecular weight is 476 g/mol.